The fourth-order valence-corrected chi connectivity index (χ4v) is 9.11. The number of amidine groups is 1. The van der Waals surface area contributed by atoms with Crippen LogP contribution in [0.2, 0.25) is 10.2 Å². The molecule has 1 spiro atoms. The van der Waals surface area contributed by atoms with Crippen LogP contribution in [0.25, 0.3) is 0 Å². The predicted octanol–water partition coefficient (Wildman–Crippen LogP) is 6.06. The van der Waals surface area contributed by atoms with Crippen LogP contribution in [-0.2, 0) is 15.1 Å². The van der Waals surface area contributed by atoms with Gasteiger partial charge in [-0.1, -0.05) is 49.2 Å². The predicted molar refractivity (Wildman–Crippen MR) is 176 cm³/mol. The van der Waals surface area contributed by atoms with Gasteiger partial charge in [0.25, 0.3) is 5.91 Å². The normalized spacial score (nSPS) is 28.4. The maximum Gasteiger partial charge on any atom is 0.263 e. The van der Waals surface area contributed by atoms with Crippen LogP contribution >= 0.6 is 35.0 Å². The van der Waals surface area contributed by atoms with Gasteiger partial charge in [0.2, 0.25) is 5.91 Å². The van der Waals surface area contributed by atoms with Gasteiger partial charge in [0.05, 0.1) is 17.1 Å². The Morgan fingerprint density at radius 3 is 2.61 bits per heavy atom. The highest BCUT2D eigenvalue weighted by Gasteiger charge is 2.55. The van der Waals surface area contributed by atoms with E-state index >= 15 is 0 Å². The van der Waals surface area contributed by atoms with Crippen molar-refractivity contribution in [1.29, 1.82) is 0 Å². The molecule has 1 N–H and O–H groups in total. The number of nitrogens with zero attached hydrogens (tertiary/aromatic N) is 5. The number of amides is 2. The van der Waals surface area contributed by atoms with Crippen LogP contribution in [-0.4, -0.2) is 80.6 Å². The lowest BCUT2D eigenvalue weighted by molar-refractivity contribution is -0.144. The Kier molecular flexibility index (Phi) is 8.14. The lowest BCUT2D eigenvalue weighted by Crippen LogP contribution is -2.58. The van der Waals surface area contributed by atoms with E-state index in [1.807, 2.05) is 36.6 Å². The second-order valence-corrected chi connectivity index (χ2v) is 15.2. The van der Waals surface area contributed by atoms with E-state index in [0.29, 0.717) is 59.0 Å². The van der Waals surface area contributed by atoms with Crippen LogP contribution in [0.4, 0.5) is 8.78 Å². The first-order valence-electron chi connectivity index (χ1n) is 15.8. The number of pyridine rings is 1. The Morgan fingerprint density at radius 2 is 1.96 bits per heavy atom. The molecule has 1 aromatic carbocycles. The fraction of sp³-hybridized carbons (Fsp3) is 0.515. The van der Waals surface area contributed by atoms with Crippen molar-refractivity contribution < 1.29 is 18.4 Å². The van der Waals surface area contributed by atoms with Crippen molar-refractivity contribution >= 4 is 51.9 Å². The SMILES string of the molecule is CC(C)C1=C(C(=O)N2[C@H](CF)CC[C@@H]2C(=O)N2CCNC3(CC3)C2)SC2=N[C@@](C)(c3ccc(Cl)nc3)[C@@H](c3ccc(Cl)c(F)c3)N21. The van der Waals surface area contributed by atoms with E-state index in [1.165, 1.54) is 28.8 Å². The summed E-state index contributed by atoms with van der Waals surface area (Å²) in [6.07, 6.45) is 4.56. The molecule has 1 aliphatic carbocycles. The summed E-state index contributed by atoms with van der Waals surface area (Å²) in [5.74, 6) is -1.20. The number of fused-ring (bicyclic) bond motifs is 1. The number of likely N-dealkylation sites (tertiary alicyclic amines) is 1. The molecule has 0 bridgehead atoms. The molecule has 8 nitrogen and oxygen atoms in total. The highest BCUT2D eigenvalue weighted by atomic mass is 35.5. The van der Waals surface area contributed by atoms with Crippen LogP contribution in [0.1, 0.15) is 63.6 Å². The molecule has 0 unspecified atom stereocenters. The molecule has 13 heteroatoms. The molecule has 2 amide bonds. The molecule has 0 radical (unpaired) electrons. The number of aliphatic imine (C=N–C) groups is 1. The van der Waals surface area contributed by atoms with E-state index in [0.717, 1.165) is 18.4 Å². The van der Waals surface area contributed by atoms with Crippen molar-refractivity contribution in [2.45, 2.75) is 75.7 Å². The summed E-state index contributed by atoms with van der Waals surface area (Å²) in [5.41, 5.74) is 1.15. The van der Waals surface area contributed by atoms with Crippen LogP contribution in [0, 0.1) is 11.7 Å². The number of hydrogen-bond acceptors (Lipinski definition) is 7. The number of carbonyl (C=O) groups excluding carboxylic acids is 2. The first-order valence-corrected chi connectivity index (χ1v) is 17.3. The smallest absolute Gasteiger partial charge is 0.263 e. The molecule has 5 aliphatic rings. The number of hydrogen-bond donors (Lipinski definition) is 1. The first kappa shape index (κ1) is 31.8. The average Bonchev–Trinajstić information content (AvgIpc) is 3.35. The zero-order valence-electron chi connectivity index (χ0n) is 25.9. The molecule has 2 aromatic rings. The van der Waals surface area contributed by atoms with Crippen molar-refractivity contribution in [2.24, 2.45) is 10.9 Å². The van der Waals surface area contributed by atoms with Crippen molar-refractivity contribution in [1.82, 2.24) is 25.0 Å². The van der Waals surface area contributed by atoms with Gasteiger partial charge in [-0.05, 0) is 74.0 Å². The van der Waals surface area contributed by atoms with Crippen molar-refractivity contribution in [3.05, 3.63) is 74.3 Å². The lowest BCUT2D eigenvalue weighted by atomic mass is 9.81. The van der Waals surface area contributed by atoms with Gasteiger partial charge >= 0.3 is 0 Å². The largest absolute Gasteiger partial charge is 0.338 e. The van der Waals surface area contributed by atoms with Crippen molar-refractivity contribution in [2.75, 3.05) is 26.3 Å². The number of allylic oxidation sites excluding steroid dienone is 1. The van der Waals surface area contributed by atoms with Gasteiger partial charge in [0, 0.05) is 42.6 Å². The number of aromatic nitrogens is 1. The molecule has 7 rings (SSSR count). The highest BCUT2D eigenvalue weighted by Crippen LogP contribution is 2.56. The van der Waals surface area contributed by atoms with Gasteiger partial charge in [0.1, 0.15) is 34.1 Å². The number of piperazine rings is 1. The molecular formula is C33H36Cl2F2N6O2S. The van der Waals surface area contributed by atoms with Crippen molar-refractivity contribution in [3.63, 3.8) is 0 Å². The van der Waals surface area contributed by atoms with E-state index in [9.17, 15) is 18.4 Å². The summed E-state index contributed by atoms with van der Waals surface area (Å²) in [4.78, 5) is 43.8. The molecule has 1 saturated carbocycles. The maximum absolute atomic E-state index is 15.0. The number of nitrogens with one attached hydrogen (secondary N) is 1. The summed E-state index contributed by atoms with van der Waals surface area (Å²) in [7, 11) is 0. The standard InChI is InChI=1S/C33H36Cl2F2N6O2S/c1-18(2)26-27(30(45)42-21(15-36)6-8-24(42)29(44)41-13-12-39-33(17-41)10-11-33)46-31-40-32(3,20-5-9-25(35)38-16-20)28(43(26)31)19-4-7-22(34)23(37)14-19/h4-5,7,9,14,16,18,21,24,28,39H,6,8,10-13,15,17H2,1-3H3/t21-,24+,28+,32-/m0/s1. The summed E-state index contributed by atoms with van der Waals surface area (Å²) in [6, 6.07) is 6.26. The van der Waals surface area contributed by atoms with Crippen LogP contribution < -0.4 is 5.32 Å². The minimum Gasteiger partial charge on any atom is -0.338 e. The average molecular weight is 690 g/mol. The number of thioether (sulfide) groups is 1. The monoisotopic (exact) mass is 688 g/mol. The van der Waals surface area contributed by atoms with Crippen molar-refractivity contribution in [3.8, 4) is 0 Å². The maximum atomic E-state index is 15.0. The Balaban J connectivity index is 1.28. The summed E-state index contributed by atoms with van der Waals surface area (Å²) in [5, 5.41) is 4.43. The van der Waals surface area contributed by atoms with Gasteiger partial charge in [-0.3, -0.25) is 9.59 Å². The van der Waals surface area contributed by atoms with E-state index in [-0.39, 0.29) is 28.3 Å². The first-order chi connectivity index (χ1) is 22.0. The Hall–Kier alpha value is -2.73. The van der Waals surface area contributed by atoms with E-state index in [4.69, 9.17) is 28.2 Å². The lowest BCUT2D eigenvalue weighted by Gasteiger charge is -2.38. The van der Waals surface area contributed by atoms with Gasteiger partial charge in [0.15, 0.2) is 5.17 Å². The molecule has 5 heterocycles. The molecule has 3 fully saturated rings. The Bertz CT molecular complexity index is 1650. The topological polar surface area (TPSA) is 81.1 Å². The van der Waals surface area contributed by atoms with Gasteiger partial charge < -0.3 is 20.0 Å². The quantitative estimate of drug-likeness (QED) is 0.372. The zero-order chi connectivity index (χ0) is 32.5. The molecule has 1 aromatic heterocycles. The van der Waals surface area contributed by atoms with Crippen LogP contribution in [0.3, 0.4) is 0 Å². The summed E-state index contributed by atoms with van der Waals surface area (Å²) < 4.78 is 29.5. The molecule has 2 saturated heterocycles. The fourth-order valence-electron chi connectivity index (χ4n) is 7.53. The minimum atomic E-state index is -0.927. The number of halogens is 4. The van der Waals surface area contributed by atoms with Gasteiger partial charge in [-0.15, -0.1) is 0 Å². The number of carbonyl (C=O) groups is 2. The van der Waals surface area contributed by atoms with E-state index in [2.05, 4.69) is 10.3 Å². The Morgan fingerprint density at radius 1 is 1.17 bits per heavy atom. The molecule has 4 aliphatic heterocycles. The number of rotatable bonds is 6. The second-order valence-electron chi connectivity index (χ2n) is 13.4. The highest BCUT2D eigenvalue weighted by molar-refractivity contribution is 8.18. The Labute approximate surface area is 281 Å². The molecular weight excluding hydrogens is 653 g/mol. The third-order valence-electron chi connectivity index (χ3n) is 10.1. The molecule has 244 valence electrons. The van der Waals surface area contributed by atoms with Crippen LogP contribution in [0.15, 0.2) is 52.1 Å². The van der Waals surface area contributed by atoms with E-state index < -0.39 is 36.2 Å². The molecule has 4 atom stereocenters. The summed E-state index contributed by atoms with van der Waals surface area (Å²) in [6.45, 7) is 7.09. The third kappa shape index (κ3) is 5.22. The van der Waals surface area contributed by atoms with Gasteiger partial charge in [-0.2, -0.15) is 0 Å². The number of benzene rings is 1. The third-order valence-corrected chi connectivity index (χ3v) is 11.7. The van der Waals surface area contributed by atoms with Crippen LogP contribution in [0.5, 0.6) is 0 Å². The van der Waals surface area contributed by atoms with Gasteiger partial charge in [-0.25, -0.2) is 18.8 Å². The number of alkyl halides is 1. The van der Waals surface area contributed by atoms with E-state index in [1.54, 1.807) is 18.3 Å². The molecule has 46 heavy (non-hydrogen) atoms. The minimum absolute atomic E-state index is 0.00291. The second kappa shape index (κ2) is 11.8. The summed E-state index contributed by atoms with van der Waals surface area (Å²) >= 11 is 13.4. The zero-order valence-corrected chi connectivity index (χ0v) is 28.2.